The van der Waals surface area contributed by atoms with E-state index in [0.29, 0.717) is 23.7 Å². The van der Waals surface area contributed by atoms with Crippen LogP contribution in [-0.2, 0) is 11.2 Å². The highest BCUT2D eigenvalue weighted by Gasteiger charge is 2.17. The number of hydrogen-bond donors (Lipinski definition) is 1. The van der Waals surface area contributed by atoms with Crippen LogP contribution in [0.25, 0.3) is 21.5 Å². The van der Waals surface area contributed by atoms with Gasteiger partial charge in [-0.05, 0) is 37.4 Å². The Kier molecular flexibility index (Phi) is 5.45. The van der Waals surface area contributed by atoms with Crippen LogP contribution in [0, 0.1) is 0 Å². The van der Waals surface area contributed by atoms with Crippen LogP contribution in [0.1, 0.15) is 31.3 Å². The fraction of sp³-hybridized carbons (Fsp3) is 0.238. The summed E-state index contributed by atoms with van der Waals surface area (Å²) in [5.41, 5.74) is 2.59. The van der Waals surface area contributed by atoms with Crippen molar-refractivity contribution in [2.75, 3.05) is 6.61 Å². The molecule has 1 amide bonds. The van der Waals surface area contributed by atoms with Crippen LogP contribution >= 0.6 is 22.7 Å². The fourth-order valence-corrected chi connectivity index (χ4v) is 4.51. The zero-order chi connectivity index (χ0) is 19.5. The first-order chi connectivity index (χ1) is 13.6. The van der Waals surface area contributed by atoms with Crippen LogP contribution in [0.2, 0.25) is 0 Å². The summed E-state index contributed by atoms with van der Waals surface area (Å²) in [7, 11) is 0. The normalized spacial score (nSPS) is 12.2. The molecule has 1 atom stereocenters. The molecule has 5 nitrogen and oxygen atoms in total. The summed E-state index contributed by atoms with van der Waals surface area (Å²) >= 11 is 3.19. The Morgan fingerprint density at radius 2 is 2.21 bits per heavy atom. The molecular weight excluding hydrogens is 392 g/mol. The molecule has 0 fully saturated rings. The number of benzene rings is 1. The molecule has 3 aromatic heterocycles. The largest absolute Gasteiger partial charge is 0.490 e. The average molecular weight is 413 g/mol. The minimum absolute atomic E-state index is 0.0832. The predicted molar refractivity (Wildman–Crippen MR) is 113 cm³/mol. The molecule has 4 aromatic rings. The second kappa shape index (κ2) is 8.16. The second-order valence-corrected chi connectivity index (χ2v) is 8.02. The van der Waals surface area contributed by atoms with E-state index in [2.05, 4.69) is 15.7 Å². The minimum atomic E-state index is -0.246. The number of ether oxygens (including phenoxy) is 1. The molecule has 3 heterocycles. The van der Waals surface area contributed by atoms with Crippen molar-refractivity contribution in [1.29, 1.82) is 0 Å². The number of carbonyl (C=O) groups excluding carboxylic acids is 1. The van der Waals surface area contributed by atoms with Crippen molar-refractivity contribution in [2.24, 2.45) is 0 Å². The highest BCUT2D eigenvalue weighted by atomic mass is 32.1. The first-order valence-electron chi connectivity index (χ1n) is 9.05. The van der Waals surface area contributed by atoms with Gasteiger partial charge in [0.25, 0.3) is 0 Å². The maximum Gasteiger partial charge on any atom is 0.226 e. The predicted octanol–water partition coefficient (Wildman–Crippen LogP) is 5.44. The molecule has 0 radical (unpaired) electrons. The molecular formula is C21H20N2O3S2. The summed E-state index contributed by atoms with van der Waals surface area (Å²) in [5.74, 6) is 1.33. The van der Waals surface area contributed by atoms with E-state index in [1.807, 2.05) is 54.9 Å². The topological polar surface area (TPSA) is 64.4 Å². The zero-order valence-electron chi connectivity index (χ0n) is 15.6. The Hall–Kier alpha value is -2.64. The molecule has 144 valence electrons. The molecule has 0 aliphatic rings. The van der Waals surface area contributed by atoms with Crippen molar-refractivity contribution in [3.05, 3.63) is 57.9 Å². The highest BCUT2D eigenvalue weighted by molar-refractivity contribution is 7.14. The number of aromatic nitrogens is 1. The Labute approximate surface area is 171 Å². The van der Waals surface area contributed by atoms with Gasteiger partial charge in [0.15, 0.2) is 11.3 Å². The number of furan rings is 1. The lowest BCUT2D eigenvalue weighted by Crippen LogP contribution is -2.27. The molecule has 0 aliphatic heterocycles. The van der Waals surface area contributed by atoms with Gasteiger partial charge in [0.2, 0.25) is 5.91 Å². The molecule has 1 unspecified atom stereocenters. The first-order valence-corrected chi connectivity index (χ1v) is 10.9. The van der Waals surface area contributed by atoms with Crippen LogP contribution < -0.4 is 10.1 Å². The number of amides is 1. The summed E-state index contributed by atoms with van der Waals surface area (Å²) in [6.07, 6.45) is 0.245. The van der Waals surface area contributed by atoms with Gasteiger partial charge in [-0.15, -0.1) is 11.3 Å². The summed E-state index contributed by atoms with van der Waals surface area (Å²) in [5, 5.41) is 10.9. The van der Waals surface area contributed by atoms with Crippen LogP contribution in [0.15, 0.2) is 50.9 Å². The maximum atomic E-state index is 12.5. The number of fused-ring (bicyclic) bond motifs is 1. The van der Waals surface area contributed by atoms with Crippen molar-refractivity contribution in [3.63, 3.8) is 0 Å². The first kappa shape index (κ1) is 18.7. The third-order valence-corrected chi connectivity index (χ3v) is 5.92. The molecule has 1 N–H and O–H groups in total. The Balaban J connectivity index is 1.43. The van der Waals surface area contributed by atoms with Gasteiger partial charge in [0.1, 0.15) is 10.8 Å². The van der Waals surface area contributed by atoms with Crippen molar-refractivity contribution in [1.82, 2.24) is 10.3 Å². The van der Waals surface area contributed by atoms with Gasteiger partial charge in [0, 0.05) is 21.7 Å². The van der Waals surface area contributed by atoms with Gasteiger partial charge in [0.05, 0.1) is 24.8 Å². The van der Waals surface area contributed by atoms with E-state index in [9.17, 15) is 4.79 Å². The quantitative estimate of drug-likeness (QED) is 0.439. The highest BCUT2D eigenvalue weighted by Crippen LogP contribution is 2.31. The Morgan fingerprint density at radius 1 is 1.32 bits per heavy atom. The summed E-state index contributed by atoms with van der Waals surface area (Å²) < 4.78 is 11.6. The monoisotopic (exact) mass is 412 g/mol. The lowest BCUT2D eigenvalue weighted by molar-refractivity contribution is -0.121. The molecule has 0 saturated heterocycles. The maximum absolute atomic E-state index is 12.5. The van der Waals surface area contributed by atoms with Gasteiger partial charge >= 0.3 is 0 Å². The number of carbonyl (C=O) groups is 1. The molecule has 28 heavy (non-hydrogen) atoms. The summed E-state index contributed by atoms with van der Waals surface area (Å²) in [6, 6.07) is 9.53. The van der Waals surface area contributed by atoms with Crippen molar-refractivity contribution >= 4 is 39.5 Å². The van der Waals surface area contributed by atoms with Gasteiger partial charge in [-0.25, -0.2) is 4.98 Å². The standard InChI is InChI=1S/C21H20N2O3S2/c1-3-25-17-6-4-5-14-9-18(26-20(14)17)13(2)22-19(24)10-16-12-28-21(23-16)15-7-8-27-11-15/h4-9,11-13H,3,10H2,1-2H3,(H,22,24). The number of rotatable bonds is 7. The molecule has 0 bridgehead atoms. The Morgan fingerprint density at radius 3 is 3.00 bits per heavy atom. The number of para-hydroxylation sites is 1. The van der Waals surface area contributed by atoms with Crippen molar-refractivity contribution < 1.29 is 13.9 Å². The molecule has 0 saturated carbocycles. The zero-order valence-corrected chi connectivity index (χ0v) is 17.2. The molecule has 0 aliphatic carbocycles. The lowest BCUT2D eigenvalue weighted by Gasteiger charge is -2.10. The SMILES string of the molecule is CCOc1cccc2cc(C(C)NC(=O)Cc3csc(-c4ccsc4)n3)oc12. The number of nitrogens with zero attached hydrogens (tertiary/aromatic N) is 1. The number of hydrogen-bond acceptors (Lipinski definition) is 6. The van der Waals surface area contributed by atoms with E-state index in [1.54, 1.807) is 22.7 Å². The van der Waals surface area contributed by atoms with Crippen LogP contribution in [0.4, 0.5) is 0 Å². The van der Waals surface area contributed by atoms with E-state index in [4.69, 9.17) is 9.15 Å². The van der Waals surface area contributed by atoms with Gasteiger partial charge in [-0.3, -0.25) is 4.79 Å². The smallest absolute Gasteiger partial charge is 0.226 e. The van der Waals surface area contributed by atoms with Crippen LogP contribution in [0.5, 0.6) is 5.75 Å². The van der Waals surface area contributed by atoms with Crippen LogP contribution in [0.3, 0.4) is 0 Å². The van der Waals surface area contributed by atoms with Crippen LogP contribution in [-0.4, -0.2) is 17.5 Å². The van der Waals surface area contributed by atoms with E-state index in [-0.39, 0.29) is 18.4 Å². The van der Waals surface area contributed by atoms with Crippen molar-refractivity contribution in [3.8, 4) is 16.3 Å². The molecule has 1 aromatic carbocycles. The van der Waals surface area contributed by atoms with E-state index < -0.39 is 0 Å². The fourth-order valence-electron chi connectivity index (χ4n) is 2.97. The molecule has 0 spiro atoms. The van der Waals surface area contributed by atoms with E-state index in [0.717, 1.165) is 21.7 Å². The van der Waals surface area contributed by atoms with Gasteiger partial charge in [-0.2, -0.15) is 11.3 Å². The molecule has 4 rings (SSSR count). The minimum Gasteiger partial charge on any atom is -0.490 e. The van der Waals surface area contributed by atoms with Gasteiger partial charge in [-0.1, -0.05) is 12.1 Å². The second-order valence-electron chi connectivity index (χ2n) is 6.38. The van der Waals surface area contributed by atoms with Gasteiger partial charge < -0.3 is 14.5 Å². The Bertz CT molecular complexity index is 1080. The number of thiazole rings is 1. The van der Waals surface area contributed by atoms with E-state index in [1.165, 1.54) is 0 Å². The number of nitrogens with one attached hydrogen (secondary N) is 1. The third-order valence-electron chi connectivity index (χ3n) is 4.29. The van der Waals surface area contributed by atoms with E-state index >= 15 is 0 Å². The lowest BCUT2D eigenvalue weighted by atomic mass is 10.2. The average Bonchev–Trinajstić information content (AvgIpc) is 3.42. The number of thiophene rings is 1. The summed E-state index contributed by atoms with van der Waals surface area (Å²) in [6.45, 7) is 4.42. The molecule has 7 heteroatoms. The van der Waals surface area contributed by atoms with Crippen molar-refractivity contribution in [2.45, 2.75) is 26.3 Å². The third kappa shape index (κ3) is 3.95. The summed E-state index contributed by atoms with van der Waals surface area (Å²) in [4.78, 5) is 17.0.